The van der Waals surface area contributed by atoms with E-state index in [1.807, 2.05) is 36.0 Å². The van der Waals surface area contributed by atoms with Crippen molar-refractivity contribution in [2.75, 3.05) is 0 Å². The van der Waals surface area contributed by atoms with Crippen molar-refractivity contribution < 1.29 is 0 Å². The second kappa shape index (κ2) is 5.25. The summed E-state index contributed by atoms with van der Waals surface area (Å²) in [5.74, 6) is 0. The van der Waals surface area contributed by atoms with Crippen LogP contribution in [-0.2, 0) is 13.0 Å². The van der Waals surface area contributed by atoms with E-state index in [-0.39, 0.29) is 0 Å². The minimum absolute atomic E-state index is 0.737. The Labute approximate surface area is 117 Å². The summed E-state index contributed by atoms with van der Waals surface area (Å²) in [7, 11) is 0. The molecule has 4 nitrogen and oxygen atoms in total. The molecule has 0 atom stereocenters. The molecule has 0 fully saturated rings. The van der Waals surface area contributed by atoms with Crippen LogP contribution < -0.4 is 0 Å². The van der Waals surface area contributed by atoms with Gasteiger partial charge in [0.15, 0.2) is 5.65 Å². The van der Waals surface area contributed by atoms with Crippen molar-refractivity contribution in [2.45, 2.75) is 19.9 Å². The number of rotatable bonds is 4. The number of nitrogens with zero attached hydrogens (tertiary/aromatic N) is 4. The van der Waals surface area contributed by atoms with Crippen molar-refractivity contribution in [3.8, 4) is 0 Å². The van der Waals surface area contributed by atoms with Crippen LogP contribution in [0.15, 0.2) is 55.1 Å². The van der Waals surface area contributed by atoms with Crippen molar-refractivity contribution >= 4 is 11.2 Å². The van der Waals surface area contributed by atoms with Crippen LogP contribution >= 0.6 is 0 Å². The van der Waals surface area contributed by atoms with Crippen molar-refractivity contribution in [3.05, 3.63) is 66.4 Å². The lowest BCUT2D eigenvalue weighted by Gasteiger charge is -2.04. The van der Waals surface area contributed by atoms with Crippen LogP contribution in [0.3, 0.4) is 0 Å². The van der Waals surface area contributed by atoms with Gasteiger partial charge in [-0.2, -0.15) is 0 Å². The maximum absolute atomic E-state index is 4.46. The average Bonchev–Trinajstić information content (AvgIpc) is 2.84. The molecule has 4 heteroatoms. The summed E-state index contributed by atoms with van der Waals surface area (Å²) in [4.78, 5) is 13.1. The molecule has 2 aromatic heterocycles. The number of fused-ring (bicyclic) bond motifs is 1. The molecule has 0 saturated heterocycles. The molecule has 0 aliphatic rings. The zero-order valence-electron chi connectivity index (χ0n) is 11.5. The van der Waals surface area contributed by atoms with Crippen LogP contribution in [0.5, 0.6) is 0 Å². The van der Waals surface area contributed by atoms with Crippen molar-refractivity contribution in [1.82, 2.24) is 19.5 Å². The largest absolute Gasteiger partial charge is 0.311 e. The van der Waals surface area contributed by atoms with Gasteiger partial charge in [0.05, 0.1) is 18.6 Å². The summed E-state index contributed by atoms with van der Waals surface area (Å²) in [6, 6.07) is 10.3. The highest BCUT2D eigenvalue weighted by atomic mass is 15.1. The zero-order chi connectivity index (χ0) is 13.9. The zero-order valence-corrected chi connectivity index (χ0v) is 11.5. The second-order valence-electron chi connectivity index (χ2n) is 4.98. The van der Waals surface area contributed by atoms with E-state index in [2.05, 4.69) is 33.7 Å². The molecule has 3 rings (SSSR count). The Morgan fingerprint density at radius 1 is 1.15 bits per heavy atom. The first-order chi connectivity index (χ1) is 9.74. The first kappa shape index (κ1) is 12.5. The van der Waals surface area contributed by atoms with E-state index < -0.39 is 0 Å². The minimum Gasteiger partial charge on any atom is -0.311 e. The van der Waals surface area contributed by atoms with Crippen molar-refractivity contribution in [1.29, 1.82) is 0 Å². The highest BCUT2D eigenvalue weighted by molar-refractivity contribution is 5.73. The maximum Gasteiger partial charge on any atom is 0.163 e. The predicted octanol–water partition coefficient (Wildman–Crippen LogP) is 2.99. The summed E-state index contributed by atoms with van der Waals surface area (Å²) in [5, 5.41) is 0. The number of hydrogen-bond donors (Lipinski definition) is 0. The van der Waals surface area contributed by atoms with Crippen LogP contribution in [0.25, 0.3) is 11.2 Å². The number of allylic oxidation sites excluding steroid dienone is 1. The molecule has 0 unspecified atom stereocenters. The fraction of sp³-hybridized carbons (Fsp3) is 0.188. The van der Waals surface area contributed by atoms with E-state index >= 15 is 0 Å². The molecule has 0 N–H and O–H groups in total. The maximum atomic E-state index is 4.46. The smallest absolute Gasteiger partial charge is 0.163 e. The van der Waals surface area contributed by atoms with Crippen molar-refractivity contribution in [3.63, 3.8) is 0 Å². The molecule has 0 saturated carbocycles. The fourth-order valence-electron chi connectivity index (χ4n) is 2.24. The van der Waals surface area contributed by atoms with Gasteiger partial charge < -0.3 is 4.57 Å². The standard InChI is InChI=1S/C16H16N4/c1-12(2)8-14-15-16(18-10-17-14)20(11-19-15)9-13-6-4-3-5-7-13/h3-7,10-11H,1,8-9H2,2H3. The number of hydrogen-bond acceptors (Lipinski definition) is 3. The Hall–Kier alpha value is -2.49. The van der Waals surface area contributed by atoms with Gasteiger partial charge in [-0.05, 0) is 12.5 Å². The molecule has 0 radical (unpaired) electrons. The average molecular weight is 264 g/mol. The monoisotopic (exact) mass is 264 g/mol. The number of aromatic nitrogens is 4. The molecular formula is C16H16N4. The van der Waals surface area contributed by atoms with Gasteiger partial charge in [0, 0.05) is 6.42 Å². The Balaban J connectivity index is 1.99. The van der Waals surface area contributed by atoms with Gasteiger partial charge in [-0.1, -0.05) is 42.5 Å². The fourth-order valence-corrected chi connectivity index (χ4v) is 2.24. The van der Waals surface area contributed by atoms with Crippen LogP contribution in [0.2, 0.25) is 0 Å². The van der Waals surface area contributed by atoms with E-state index in [1.54, 1.807) is 6.33 Å². The van der Waals surface area contributed by atoms with Gasteiger partial charge in [-0.25, -0.2) is 15.0 Å². The van der Waals surface area contributed by atoms with Gasteiger partial charge in [0.1, 0.15) is 11.8 Å². The Morgan fingerprint density at radius 3 is 2.70 bits per heavy atom. The SMILES string of the molecule is C=C(C)Cc1ncnc2c1ncn2Cc1ccccc1. The Morgan fingerprint density at radius 2 is 1.95 bits per heavy atom. The van der Waals surface area contributed by atoms with E-state index in [0.29, 0.717) is 0 Å². The molecule has 20 heavy (non-hydrogen) atoms. The Kier molecular flexibility index (Phi) is 3.29. The van der Waals surface area contributed by atoms with E-state index in [9.17, 15) is 0 Å². The predicted molar refractivity (Wildman–Crippen MR) is 79.4 cm³/mol. The van der Waals surface area contributed by atoms with Crippen molar-refractivity contribution in [2.24, 2.45) is 0 Å². The molecule has 2 heterocycles. The minimum atomic E-state index is 0.737. The van der Waals surface area contributed by atoms with Gasteiger partial charge in [-0.15, -0.1) is 0 Å². The molecular weight excluding hydrogens is 248 g/mol. The Bertz CT molecular complexity index is 744. The van der Waals surface area contributed by atoms with Crippen LogP contribution in [-0.4, -0.2) is 19.5 Å². The number of benzene rings is 1. The quantitative estimate of drug-likeness (QED) is 0.680. The molecule has 3 aromatic rings. The lowest BCUT2D eigenvalue weighted by atomic mass is 10.2. The highest BCUT2D eigenvalue weighted by Crippen LogP contribution is 2.16. The molecule has 0 aliphatic heterocycles. The lowest BCUT2D eigenvalue weighted by molar-refractivity contribution is 0.812. The van der Waals surface area contributed by atoms with E-state index in [0.717, 1.165) is 35.4 Å². The van der Waals surface area contributed by atoms with E-state index in [4.69, 9.17) is 0 Å². The summed E-state index contributed by atoms with van der Waals surface area (Å²) in [6.07, 6.45) is 4.17. The summed E-state index contributed by atoms with van der Waals surface area (Å²) in [6.45, 7) is 6.70. The molecule has 0 aliphatic carbocycles. The highest BCUT2D eigenvalue weighted by Gasteiger charge is 2.10. The summed E-state index contributed by atoms with van der Waals surface area (Å²) < 4.78 is 2.05. The van der Waals surface area contributed by atoms with Gasteiger partial charge >= 0.3 is 0 Å². The first-order valence-electron chi connectivity index (χ1n) is 6.57. The summed E-state index contributed by atoms with van der Waals surface area (Å²) >= 11 is 0. The molecule has 100 valence electrons. The van der Waals surface area contributed by atoms with Crippen LogP contribution in [0.1, 0.15) is 18.2 Å². The van der Waals surface area contributed by atoms with Gasteiger partial charge in [0.2, 0.25) is 0 Å². The second-order valence-corrected chi connectivity index (χ2v) is 4.98. The molecule has 0 bridgehead atoms. The molecule has 1 aromatic carbocycles. The van der Waals surface area contributed by atoms with Gasteiger partial charge in [0.25, 0.3) is 0 Å². The summed E-state index contributed by atoms with van der Waals surface area (Å²) in [5.41, 5.74) is 4.98. The topological polar surface area (TPSA) is 43.6 Å². The third kappa shape index (κ3) is 2.45. The molecule has 0 amide bonds. The lowest BCUT2D eigenvalue weighted by Crippen LogP contribution is -2.00. The third-order valence-corrected chi connectivity index (χ3v) is 3.14. The van der Waals surface area contributed by atoms with E-state index in [1.165, 1.54) is 5.56 Å². The first-order valence-corrected chi connectivity index (χ1v) is 6.57. The third-order valence-electron chi connectivity index (χ3n) is 3.14. The normalized spacial score (nSPS) is 10.8. The van der Waals surface area contributed by atoms with Crippen LogP contribution in [0, 0.1) is 0 Å². The number of imidazole rings is 1. The molecule has 0 spiro atoms. The van der Waals surface area contributed by atoms with Gasteiger partial charge in [-0.3, -0.25) is 0 Å². The van der Waals surface area contributed by atoms with Crippen LogP contribution in [0.4, 0.5) is 0 Å².